The number of para-hydroxylation sites is 2. The van der Waals surface area contributed by atoms with Crippen molar-refractivity contribution in [1.82, 2.24) is 15.2 Å². The van der Waals surface area contributed by atoms with Crippen LogP contribution in [0.4, 0.5) is 11.4 Å². The summed E-state index contributed by atoms with van der Waals surface area (Å²) in [5, 5.41) is 11.1. The van der Waals surface area contributed by atoms with Gasteiger partial charge in [-0.05, 0) is 35.9 Å². The number of nitrogens with one attached hydrogen (secondary N) is 2. The van der Waals surface area contributed by atoms with Crippen LogP contribution in [0.15, 0.2) is 67.0 Å². The van der Waals surface area contributed by atoms with E-state index in [1.165, 1.54) is 0 Å². The summed E-state index contributed by atoms with van der Waals surface area (Å²) in [6.07, 6.45) is 3.55. The van der Waals surface area contributed by atoms with Gasteiger partial charge in [-0.3, -0.25) is 14.9 Å². The molecule has 0 saturated carbocycles. The van der Waals surface area contributed by atoms with Gasteiger partial charge in [-0.2, -0.15) is 5.10 Å². The second kappa shape index (κ2) is 7.96. The number of aromatic amines is 1. The average molecular weight is 399 g/mol. The molecule has 5 rings (SSSR count). The number of anilines is 2. The van der Waals surface area contributed by atoms with Gasteiger partial charge in [-0.25, -0.2) is 0 Å². The fourth-order valence-corrected chi connectivity index (χ4v) is 3.74. The van der Waals surface area contributed by atoms with Crippen LogP contribution in [0.3, 0.4) is 0 Å². The van der Waals surface area contributed by atoms with E-state index in [1.807, 2.05) is 54.6 Å². The molecular formula is C23H21N5O2. The lowest BCUT2D eigenvalue weighted by atomic mass is 10.0. The molecule has 1 aliphatic rings. The highest BCUT2D eigenvalue weighted by molar-refractivity contribution is 6.12. The van der Waals surface area contributed by atoms with Gasteiger partial charge in [-0.1, -0.05) is 24.3 Å². The molecule has 4 aromatic rings. The minimum atomic E-state index is -0.245. The number of H-pyrrole nitrogens is 1. The molecule has 0 unspecified atom stereocenters. The first-order valence-electron chi connectivity index (χ1n) is 9.91. The molecule has 7 nitrogen and oxygen atoms in total. The SMILES string of the molecule is O=C(Nc1ccccc1N1CCOCC1)c1n[nH]c2ccc(-c3cccnc3)cc12. The summed E-state index contributed by atoms with van der Waals surface area (Å²) < 4.78 is 5.45. The first-order chi connectivity index (χ1) is 14.8. The summed E-state index contributed by atoms with van der Waals surface area (Å²) in [6.45, 7) is 2.96. The number of hydrogen-bond acceptors (Lipinski definition) is 5. The van der Waals surface area contributed by atoms with E-state index >= 15 is 0 Å². The minimum Gasteiger partial charge on any atom is -0.378 e. The fraction of sp³-hybridized carbons (Fsp3) is 0.174. The Morgan fingerprint density at radius 3 is 2.73 bits per heavy atom. The number of carbonyl (C=O) groups excluding carboxylic acids is 1. The standard InChI is InChI=1S/C23H21N5O2/c29-23(25-20-5-1-2-6-21(20)28-10-12-30-13-11-28)22-18-14-16(7-8-19(18)26-27-22)17-4-3-9-24-15-17/h1-9,14-15H,10-13H2,(H,25,29)(H,26,27). The molecule has 2 aromatic carbocycles. The number of amides is 1. The van der Waals surface area contributed by atoms with Crippen LogP contribution in [0.2, 0.25) is 0 Å². The van der Waals surface area contributed by atoms with Crippen molar-refractivity contribution in [3.05, 3.63) is 72.7 Å². The molecule has 2 N–H and O–H groups in total. The van der Waals surface area contributed by atoms with Crippen LogP contribution < -0.4 is 10.2 Å². The highest BCUT2D eigenvalue weighted by Gasteiger charge is 2.19. The molecule has 2 aromatic heterocycles. The number of aromatic nitrogens is 3. The van der Waals surface area contributed by atoms with Crippen LogP contribution in [-0.2, 0) is 4.74 Å². The van der Waals surface area contributed by atoms with Crippen LogP contribution in [0.25, 0.3) is 22.0 Å². The molecule has 3 heterocycles. The first kappa shape index (κ1) is 18.3. The molecule has 0 atom stereocenters. The molecule has 150 valence electrons. The minimum absolute atomic E-state index is 0.245. The number of ether oxygens (including phenoxy) is 1. The van der Waals surface area contributed by atoms with Crippen LogP contribution in [-0.4, -0.2) is 47.4 Å². The zero-order chi connectivity index (χ0) is 20.3. The Balaban J connectivity index is 1.46. The quantitative estimate of drug-likeness (QED) is 0.547. The van der Waals surface area contributed by atoms with Crippen molar-refractivity contribution in [2.75, 3.05) is 36.5 Å². The highest BCUT2D eigenvalue weighted by Crippen LogP contribution is 2.29. The Labute approximate surface area is 173 Å². The van der Waals surface area contributed by atoms with Gasteiger partial charge in [0.2, 0.25) is 0 Å². The van der Waals surface area contributed by atoms with Gasteiger partial charge in [-0.15, -0.1) is 0 Å². The van der Waals surface area contributed by atoms with Crippen molar-refractivity contribution in [1.29, 1.82) is 0 Å². The maximum absolute atomic E-state index is 13.1. The van der Waals surface area contributed by atoms with Crippen molar-refractivity contribution >= 4 is 28.2 Å². The molecule has 0 spiro atoms. The van der Waals surface area contributed by atoms with Crippen molar-refractivity contribution in [2.45, 2.75) is 0 Å². The lowest BCUT2D eigenvalue weighted by Gasteiger charge is -2.30. The van der Waals surface area contributed by atoms with Crippen LogP contribution in [0, 0.1) is 0 Å². The number of pyridine rings is 1. The van der Waals surface area contributed by atoms with Gasteiger partial charge >= 0.3 is 0 Å². The molecule has 1 amide bonds. The Morgan fingerprint density at radius 1 is 1.03 bits per heavy atom. The van der Waals surface area contributed by atoms with Gasteiger partial charge < -0.3 is 15.0 Å². The van der Waals surface area contributed by atoms with E-state index in [2.05, 4.69) is 25.4 Å². The number of carbonyl (C=O) groups is 1. The third-order valence-corrected chi connectivity index (χ3v) is 5.28. The number of hydrogen-bond donors (Lipinski definition) is 2. The maximum Gasteiger partial charge on any atom is 0.276 e. The van der Waals surface area contributed by atoms with E-state index in [0.717, 1.165) is 46.5 Å². The molecule has 0 bridgehead atoms. The normalized spacial score (nSPS) is 14.1. The Bertz CT molecular complexity index is 1180. The van der Waals surface area contributed by atoms with Crippen LogP contribution in [0.5, 0.6) is 0 Å². The molecule has 0 radical (unpaired) electrons. The second-order valence-electron chi connectivity index (χ2n) is 7.14. The van der Waals surface area contributed by atoms with Crippen molar-refractivity contribution in [3.8, 4) is 11.1 Å². The Hall–Kier alpha value is -3.71. The highest BCUT2D eigenvalue weighted by atomic mass is 16.5. The van der Waals surface area contributed by atoms with Gasteiger partial charge in [0.25, 0.3) is 5.91 Å². The van der Waals surface area contributed by atoms with Gasteiger partial charge in [0.05, 0.1) is 30.1 Å². The zero-order valence-corrected chi connectivity index (χ0v) is 16.3. The zero-order valence-electron chi connectivity index (χ0n) is 16.3. The summed E-state index contributed by atoms with van der Waals surface area (Å²) >= 11 is 0. The summed E-state index contributed by atoms with van der Waals surface area (Å²) in [5.74, 6) is -0.245. The molecule has 1 saturated heterocycles. The lowest BCUT2D eigenvalue weighted by molar-refractivity contribution is 0.102. The molecule has 0 aliphatic carbocycles. The van der Waals surface area contributed by atoms with Crippen molar-refractivity contribution < 1.29 is 9.53 Å². The van der Waals surface area contributed by atoms with E-state index in [1.54, 1.807) is 12.4 Å². The molecule has 1 fully saturated rings. The summed E-state index contributed by atoms with van der Waals surface area (Å²) in [5.41, 5.74) is 4.92. The van der Waals surface area contributed by atoms with Crippen molar-refractivity contribution in [2.24, 2.45) is 0 Å². The fourth-order valence-electron chi connectivity index (χ4n) is 3.74. The van der Waals surface area contributed by atoms with Gasteiger partial charge in [0, 0.05) is 36.4 Å². The number of morpholine rings is 1. The Morgan fingerprint density at radius 2 is 1.90 bits per heavy atom. The lowest BCUT2D eigenvalue weighted by Crippen LogP contribution is -2.36. The van der Waals surface area contributed by atoms with E-state index in [4.69, 9.17) is 4.74 Å². The number of rotatable bonds is 4. The van der Waals surface area contributed by atoms with E-state index < -0.39 is 0 Å². The van der Waals surface area contributed by atoms with Crippen molar-refractivity contribution in [3.63, 3.8) is 0 Å². The predicted octanol–water partition coefficient (Wildman–Crippen LogP) is 3.71. The average Bonchev–Trinajstić information content (AvgIpc) is 3.24. The van der Waals surface area contributed by atoms with Crippen LogP contribution >= 0.6 is 0 Å². The van der Waals surface area contributed by atoms with Crippen LogP contribution in [0.1, 0.15) is 10.5 Å². The summed E-state index contributed by atoms with van der Waals surface area (Å²) in [4.78, 5) is 19.5. The van der Waals surface area contributed by atoms with E-state index in [-0.39, 0.29) is 5.91 Å². The number of nitrogens with zero attached hydrogens (tertiary/aromatic N) is 3. The number of fused-ring (bicyclic) bond motifs is 1. The molecule has 7 heteroatoms. The monoisotopic (exact) mass is 399 g/mol. The second-order valence-corrected chi connectivity index (χ2v) is 7.14. The van der Waals surface area contributed by atoms with E-state index in [0.29, 0.717) is 18.9 Å². The maximum atomic E-state index is 13.1. The van der Waals surface area contributed by atoms with Gasteiger partial charge in [0.15, 0.2) is 5.69 Å². The smallest absolute Gasteiger partial charge is 0.276 e. The predicted molar refractivity (Wildman–Crippen MR) is 117 cm³/mol. The van der Waals surface area contributed by atoms with Gasteiger partial charge in [0.1, 0.15) is 0 Å². The molecule has 30 heavy (non-hydrogen) atoms. The molecule has 1 aliphatic heterocycles. The number of benzene rings is 2. The third-order valence-electron chi connectivity index (χ3n) is 5.28. The first-order valence-corrected chi connectivity index (χ1v) is 9.91. The summed E-state index contributed by atoms with van der Waals surface area (Å²) in [7, 11) is 0. The third kappa shape index (κ3) is 3.51. The molecular weight excluding hydrogens is 378 g/mol. The Kier molecular flexibility index (Phi) is 4.86. The van der Waals surface area contributed by atoms with E-state index in [9.17, 15) is 4.79 Å². The largest absolute Gasteiger partial charge is 0.378 e. The summed E-state index contributed by atoms with van der Waals surface area (Å²) in [6, 6.07) is 17.6. The topological polar surface area (TPSA) is 83.1 Å².